The highest BCUT2D eigenvalue weighted by Crippen LogP contribution is 2.30. The van der Waals surface area contributed by atoms with Gasteiger partial charge in [0.2, 0.25) is 5.91 Å². The fraction of sp³-hybridized carbons (Fsp3) is 0.0476. The van der Waals surface area contributed by atoms with Crippen molar-refractivity contribution in [3.63, 3.8) is 0 Å². The number of aromatic nitrogens is 1. The van der Waals surface area contributed by atoms with Gasteiger partial charge in [-0.25, -0.2) is 4.98 Å². The van der Waals surface area contributed by atoms with Crippen LogP contribution in [0.1, 0.15) is 5.56 Å². The Labute approximate surface area is 160 Å². The second-order valence-corrected chi connectivity index (χ2v) is 7.38. The second-order valence-electron chi connectivity index (χ2n) is 5.92. The molecule has 0 spiro atoms. The zero-order valence-electron chi connectivity index (χ0n) is 13.8. The predicted octanol–water partition coefficient (Wildman–Crippen LogP) is 5.80. The smallest absolute Gasteiger partial charge is 0.228 e. The fourth-order valence-corrected chi connectivity index (χ4v) is 3.78. The molecule has 0 radical (unpaired) electrons. The molecular formula is C21H15ClN2OS. The molecule has 1 aromatic heterocycles. The van der Waals surface area contributed by atoms with E-state index in [0.29, 0.717) is 11.4 Å². The van der Waals surface area contributed by atoms with Crippen LogP contribution in [0.5, 0.6) is 0 Å². The maximum absolute atomic E-state index is 12.2. The number of anilines is 1. The van der Waals surface area contributed by atoms with E-state index >= 15 is 0 Å². The van der Waals surface area contributed by atoms with Crippen LogP contribution in [0.3, 0.4) is 0 Å². The Morgan fingerprint density at radius 3 is 2.42 bits per heavy atom. The van der Waals surface area contributed by atoms with Gasteiger partial charge in [-0.1, -0.05) is 35.9 Å². The van der Waals surface area contributed by atoms with Gasteiger partial charge in [0.1, 0.15) is 5.01 Å². The fourth-order valence-electron chi connectivity index (χ4n) is 2.68. The number of benzene rings is 3. The molecule has 0 aliphatic carbocycles. The second kappa shape index (κ2) is 7.28. The van der Waals surface area contributed by atoms with E-state index in [-0.39, 0.29) is 5.91 Å². The maximum atomic E-state index is 12.2. The Bertz CT molecular complexity index is 1020. The Hall–Kier alpha value is -2.69. The first-order valence-corrected chi connectivity index (χ1v) is 9.37. The van der Waals surface area contributed by atoms with Crippen LogP contribution in [0.4, 0.5) is 5.69 Å². The number of amides is 1. The lowest BCUT2D eigenvalue weighted by Crippen LogP contribution is -2.14. The highest BCUT2D eigenvalue weighted by Gasteiger charge is 2.07. The molecule has 4 aromatic rings. The van der Waals surface area contributed by atoms with Crippen LogP contribution < -0.4 is 5.32 Å². The molecule has 0 aliphatic rings. The van der Waals surface area contributed by atoms with Crippen molar-refractivity contribution in [1.82, 2.24) is 4.98 Å². The van der Waals surface area contributed by atoms with Crippen molar-refractivity contribution in [2.24, 2.45) is 0 Å². The normalized spacial score (nSPS) is 10.8. The first-order valence-electron chi connectivity index (χ1n) is 8.18. The molecule has 4 rings (SSSR count). The van der Waals surface area contributed by atoms with Crippen molar-refractivity contribution in [1.29, 1.82) is 0 Å². The summed E-state index contributed by atoms with van der Waals surface area (Å²) in [5.41, 5.74) is 3.75. The highest BCUT2D eigenvalue weighted by molar-refractivity contribution is 7.21. The van der Waals surface area contributed by atoms with Crippen LogP contribution >= 0.6 is 22.9 Å². The number of rotatable bonds is 4. The van der Waals surface area contributed by atoms with E-state index in [4.69, 9.17) is 11.6 Å². The number of nitrogens with one attached hydrogen (secondary N) is 1. The maximum Gasteiger partial charge on any atom is 0.228 e. The van der Waals surface area contributed by atoms with Crippen LogP contribution in [-0.4, -0.2) is 10.9 Å². The molecule has 5 heteroatoms. The van der Waals surface area contributed by atoms with Crippen LogP contribution in [-0.2, 0) is 11.2 Å². The lowest BCUT2D eigenvalue weighted by Gasteiger charge is -2.06. The van der Waals surface area contributed by atoms with Crippen molar-refractivity contribution in [2.45, 2.75) is 6.42 Å². The van der Waals surface area contributed by atoms with Gasteiger partial charge in [-0.3, -0.25) is 4.79 Å². The topological polar surface area (TPSA) is 42.0 Å². The minimum absolute atomic E-state index is 0.0555. The van der Waals surface area contributed by atoms with Gasteiger partial charge in [0.15, 0.2) is 0 Å². The van der Waals surface area contributed by atoms with E-state index in [0.717, 1.165) is 27.3 Å². The van der Waals surface area contributed by atoms with Crippen molar-refractivity contribution in [2.75, 3.05) is 5.32 Å². The lowest BCUT2D eigenvalue weighted by molar-refractivity contribution is -0.115. The molecule has 0 aliphatic heterocycles. The number of para-hydroxylation sites is 1. The van der Waals surface area contributed by atoms with Gasteiger partial charge in [-0.15, -0.1) is 11.3 Å². The van der Waals surface area contributed by atoms with E-state index in [1.165, 1.54) is 4.70 Å². The lowest BCUT2D eigenvalue weighted by atomic mass is 10.1. The van der Waals surface area contributed by atoms with Gasteiger partial charge < -0.3 is 5.32 Å². The summed E-state index contributed by atoms with van der Waals surface area (Å²) < 4.78 is 1.17. The van der Waals surface area contributed by atoms with Crippen LogP contribution in [0, 0.1) is 0 Å². The summed E-state index contributed by atoms with van der Waals surface area (Å²) in [5.74, 6) is -0.0555. The first-order chi connectivity index (χ1) is 12.7. The standard InChI is InChI=1S/C21H15ClN2OS/c22-16-9-5-14(6-10-16)13-20(25)23-17-11-7-15(8-12-17)21-24-18-3-1-2-4-19(18)26-21/h1-12H,13H2,(H,23,25). The molecule has 3 aromatic carbocycles. The Morgan fingerprint density at radius 2 is 1.69 bits per heavy atom. The molecule has 0 bridgehead atoms. The number of halogens is 1. The SMILES string of the molecule is O=C(Cc1ccc(Cl)cc1)Nc1ccc(-c2nc3ccccc3s2)cc1. The van der Waals surface area contributed by atoms with Crippen LogP contribution in [0.2, 0.25) is 5.02 Å². The Kier molecular flexibility index (Phi) is 4.69. The molecular weight excluding hydrogens is 364 g/mol. The molecule has 0 saturated carbocycles. The molecule has 1 heterocycles. The van der Waals surface area contributed by atoms with E-state index < -0.39 is 0 Å². The quantitative estimate of drug-likeness (QED) is 0.487. The zero-order chi connectivity index (χ0) is 17.9. The third-order valence-electron chi connectivity index (χ3n) is 3.99. The average Bonchev–Trinajstić information content (AvgIpc) is 3.08. The number of hydrogen-bond acceptors (Lipinski definition) is 3. The number of fused-ring (bicyclic) bond motifs is 1. The van der Waals surface area contributed by atoms with Gasteiger partial charge in [0.05, 0.1) is 16.6 Å². The van der Waals surface area contributed by atoms with Gasteiger partial charge in [-0.05, 0) is 54.1 Å². The zero-order valence-corrected chi connectivity index (χ0v) is 15.3. The van der Waals surface area contributed by atoms with E-state index in [1.807, 2.05) is 54.6 Å². The average molecular weight is 379 g/mol. The number of carbonyl (C=O) groups is 1. The Morgan fingerprint density at radius 1 is 0.962 bits per heavy atom. The molecule has 3 nitrogen and oxygen atoms in total. The molecule has 26 heavy (non-hydrogen) atoms. The molecule has 1 amide bonds. The van der Waals surface area contributed by atoms with Gasteiger partial charge in [0.25, 0.3) is 0 Å². The largest absolute Gasteiger partial charge is 0.326 e. The molecule has 0 unspecified atom stereocenters. The van der Waals surface area contributed by atoms with Crippen molar-refractivity contribution < 1.29 is 4.79 Å². The number of carbonyl (C=O) groups excluding carboxylic acids is 1. The predicted molar refractivity (Wildman–Crippen MR) is 109 cm³/mol. The minimum Gasteiger partial charge on any atom is -0.326 e. The summed E-state index contributed by atoms with van der Waals surface area (Å²) in [5, 5.41) is 4.56. The number of hydrogen-bond donors (Lipinski definition) is 1. The molecule has 0 atom stereocenters. The third kappa shape index (κ3) is 3.77. The summed E-state index contributed by atoms with van der Waals surface area (Å²) in [6.07, 6.45) is 0.316. The van der Waals surface area contributed by atoms with Gasteiger partial charge in [-0.2, -0.15) is 0 Å². The minimum atomic E-state index is -0.0555. The Balaban J connectivity index is 1.45. The monoisotopic (exact) mass is 378 g/mol. The molecule has 0 saturated heterocycles. The molecule has 128 valence electrons. The van der Waals surface area contributed by atoms with E-state index in [1.54, 1.807) is 23.5 Å². The summed E-state index contributed by atoms with van der Waals surface area (Å²) in [6, 6.07) is 23.2. The van der Waals surface area contributed by atoms with E-state index in [2.05, 4.69) is 16.4 Å². The van der Waals surface area contributed by atoms with Gasteiger partial charge in [0, 0.05) is 16.3 Å². The molecule has 1 N–H and O–H groups in total. The van der Waals surface area contributed by atoms with Crippen LogP contribution in [0.25, 0.3) is 20.8 Å². The summed E-state index contributed by atoms with van der Waals surface area (Å²) in [7, 11) is 0. The highest BCUT2D eigenvalue weighted by atomic mass is 35.5. The van der Waals surface area contributed by atoms with E-state index in [9.17, 15) is 4.79 Å². The van der Waals surface area contributed by atoms with Crippen molar-refractivity contribution in [3.05, 3.63) is 83.4 Å². The third-order valence-corrected chi connectivity index (χ3v) is 5.32. The summed E-state index contributed by atoms with van der Waals surface area (Å²) in [6.45, 7) is 0. The van der Waals surface area contributed by atoms with Crippen molar-refractivity contribution in [3.8, 4) is 10.6 Å². The first kappa shape index (κ1) is 16.8. The van der Waals surface area contributed by atoms with Gasteiger partial charge >= 0.3 is 0 Å². The number of thiazole rings is 1. The van der Waals surface area contributed by atoms with Crippen molar-refractivity contribution >= 4 is 44.7 Å². The van der Waals surface area contributed by atoms with Crippen LogP contribution in [0.15, 0.2) is 72.8 Å². The molecule has 0 fully saturated rings. The summed E-state index contributed by atoms with van der Waals surface area (Å²) in [4.78, 5) is 16.8. The number of nitrogens with zero attached hydrogens (tertiary/aromatic N) is 1. The summed E-state index contributed by atoms with van der Waals surface area (Å²) >= 11 is 7.53.